The largest absolute Gasteiger partial charge is 0.344 e. The highest BCUT2D eigenvalue weighted by Gasteiger charge is 2.26. The molecule has 8 heteroatoms. The predicted octanol–water partition coefficient (Wildman–Crippen LogP) is 3.53. The van der Waals surface area contributed by atoms with E-state index in [1.807, 2.05) is 42.5 Å². The molecular weight excluding hydrogens is 396 g/mol. The lowest BCUT2D eigenvalue weighted by Gasteiger charge is -2.11. The molecule has 0 fully saturated rings. The van der Waals surface area contributed by atoms with Crippen LogP contribution in [0.5, 0.6) is 0 Å². The number of hydrogen-bond acceptors (Lipinski definition) is 4. The summed E-state index contributed by atoms with van der Waals surface area (Å²) in [6.45, 7) is 0.286. The number of thioether (sulfide) groups is 1. The van der Waals surface area contributed by atoms with E-state index in [0.29, 0.717) is 10.8 Å². The van der Waals surface area contributed by atoms with Crippen molar-refractivity contribution in [3.05, 3.63) is 76.4 Å². The highest BCUT2D eigenvalue weighted by molar-refractivity contribution is 7.98. The number of hydrogen-bond donors (Lipinski definition) is 2. The standard InChI is InChI=1S/C20H17ClN4O2S/c21-14-7-4-8-15(9-14)25-18(16-11-28-12-17(16)24-25)23-20(27)19(26)22-10-13-5-2-1-3-6-13/h1-9H,10-12H2,(H,22,26)(H,23,27). The summed E-state index contributed by atoms with van der Waals surface area (Å²) < 4.78 is 1.64. The lowest BCUT2D eigenvalue weighted by molar-refractivity contribution is -0.136. The molecule has 1 aliphatic heterocycles. The van der Waals surface area contributed by atoms with Gasteiger partial charge in [0.1, 0.15) is 5.82 Å². The van der Waals surface area contributed by atoms with Gasteiger partial charge in [0.25, 0.3) is 0 Å². The van der Waals surface area contributed by atoms with E-state index in [0.717, 1.165) is 34.0 Å². The Hall–Kier alpha value is -2.77. The summed E-state index contributed by atoms with van der Waals surface area (Å²) in [5.41, 5.74) is 3.50. The van der Waals surface area contributed by atoms with Crippen LogP contribution in [0.15, 0.2) is 54.6 Å². The number of carbonyl (C=O) groups is 2. The van der Waals surface area contributed by atoms with Crippen LogP contribution in [0.25, 0.3) is 5.69 Å². The topological polar surface area (TPSA) is 76.0 Å². The number of nitrogens with zero attached hydrogens (tertiary/aromatic N) is 2. The number of benzene rings is 2. The first kappa shape index (κ1) is 18.6. The highest BCUT2D eigenvalue weighted by atomic mass is 35.5. The molecule has 2 N–H and O–H groups in total. The average molecular weight is 413 g/mol. The second kappa shape index (κ2) is 8.08. The van der Waals surface area contributed by atoms with Gasteiger partial charge in [-0.2, -0.15) is 16.9 Å². The summed E-state index contributed by atoms with van der Waals surface area (Å²) in [6, 6.07) is 16.6. The van der Waals surface area contributed by atoms with Crippen LogP contribution in [0.2, 0.25) is 5.02 Å². The first-order valence-electron chi connectivity index (χ1n) is 8.69. The molecule has 2 heterocycles. The highest BCUT2D eigenvalue weighted by Crippen LogP contribution is 2.36. The van der Waals surface area contributed by atoms with E-state index in [1.165, 1.54) is 0 Å². The van der Waals surface area contributed by atoms with Crippen LogP contribution in [-0.2, 0) is 27.6 Å². The molecule has 0 radical (unpaired) electrons. The quantitative estimate of drug-likeness (QED) is 0.643. The van der Waals surface area contributed by atoms with Crippen molar-refractivity contribution < 1.29 is 9.59 Å². The van der Waals surface area contributed by atoms with Gasteiger partial charge in [-0.05, 0) is 23.8 Å². The smallest absolute Gasteiger partial charge is 0.314 e. The first-order valence-corrected chi connectivity index (χ1v) is 10.2. The molecule has 4 rings (SSSR count). The number of aromatic nitrogens is 2. The number of nitrogens with one attached hydrogen (secondary N) is 2. The molecule has 0 aliphatic carbocycles. The van der Waals surface area contributed by atoms with Crippen LogP contribution < -0.4 is 10.6 Å². The zero-order chi connectivity index (χ0) is 19.5. The van der Waals surface area contributed by atoms with Gasteiger partial charge in [-0.25, -0.2) is 4.68 Å². The van der Waals surface area contributed by atoms with Crippen molar-refractivity contribution in [3.8, 4) is 5.69 Å². The number of carbonyl (C=O) groups excluding carboxylic acids is 2. The van der Waals surface area contributed by atoms with Gasteiger partial charge >= 0.3 is 11.8 Å². The molecular formula is C20H17ClN4O2S. The van der Waals surface area contributed by atoms with Crippen LogP contribution in [0, 0.1) is 0 Å². The fourth-order valence-electron chi connectivity index (χ4n) is 2.96. The van der Waals surface area contributed by atoms with Crippen LogP contribution in [-0.4, -0.2) is 21.6 Å². The zero-order valence-corrected chi connectivity index (χ0v) is 16.4. The van der Waals surface area contributed by atoms with Crippen LogP contribution >= 0.6 is 23.4 Å². The molecule has 142 valence electrons. The Morgan fingerprint density at radius 2 is 1.89 bits per heavy atom. The fraction of sp³-hybridized carbons (Fsp3) is 0.150. The molecule has 0 saturated heterocycles. The van der Waals surface area contributed by atoms with E-state index in [4.69, 9.17) is 11.6 Å². The molecule has 0 atom stereocenters. The molecule has 2 amide bonds. The third-order valence-electron chi connectivity index (χ3n) is 4.34. The van der Waals surface area contributed by atoms with E-state index in [1.54, 1.807) is 28.6 Å². The van der Waals surface area contributed by atoms with Crippen molar-refractivity contribution in [1.29, 1.82) is 0 Å². The number of halogens is 1. The Kier molecular flexibility index (Phi) is 5.36. The van der Waals surface area contributed by atoms with E-state index >= 15 is 0 Å². The van der Waals surface area contributed by atoms with Gasteiger partial charge in [-0.1, -0.05) is 48.0 Å². The maximum atomic E-state index is 12.5. The molecule has 28 heavy (non-hydrogen) atoms. The van der Waals surface area contributed by atoms with Gasteiger partial charge in [0.05, 0.1) is 11.4 Å². The minimum absolute atomic E-state index is 0.286. The summed E-state index contributed by atoms with van der Waals surface area (Å²) in [5.74, 6) is 0.603. The van der Waals surface area contributed by atoms with E-state index in [2.05, 4.69) is 15.7 Å². The summed E-state index contributed by atoms with van der Waals surface area (Å²) in [7, 11) is 0. The number of fused-ring (bicyclic) bond motifs is 1. The maximum Gasteiger partial charge on any atom is 0.314 e. The molecule has 1 aromatic heterocycles. The molecule has 0 bridgehead atoms. The average Bonchev–Trinajstić information content (AvgIpc) is 3.29. The Morgan fingerprint density at radius 3 is 2.68 bits per heavy atom. The van der Waals surface area contributed by atoms with Crippen molar-refractivity contribution in [2.45, 2.75) is 18.1 Å². The molecule has 0 spiro atoms. The van der Waals surface area contributed by atoms with Gasteiger partial charge in [-0.15, -0.1) is 0 Å². The second-order valence-electron chi connectivity index (χ2n) is 6.28. The van der Waals surface area contributed by atoms with Crippen molar-refractivity contribution in [2.24, 2.45) is 0 Å². The Labute approximate surface area is 171 Å². The van der Waals surface area contributed by atoms with Gasteiger partial charge in [-0.3, -0.25) is 9.59 Å². The third-order valence-corrected chi connectivity index (χ3v) is 5.54. The molecule has 2 aromatic carbocycles. The van der Waals surface area contributed by atoms with Crippen LogP contribution in [0.4, 0.5) is 5.82 Å². The predicted molar refractivity (Wildman–Crippen MR) is 110 cm³/mol. The van der Waals surface area contributed by atoms with Crippen molar-refractivity contribution in [1.82, 2.24) is 15.1 Å². The monoisotopic (exact) mass is 412 g/mol. The van der Waals surface area contributed by atoms with Gasteiger partial charge < -0.3 is 10.6 Å². The third kappa shape index (κ3) is 3.90. The van der Waals surface area contributed by atoms with Gasteiger partial charge in [0.15, 0.2) is 0 Å². The van der Waals surface area contributed by atoms with E-state index in [-0.39, 0.29) is 6.54 Å². The molecule has 3 aromatic rings. The van der Waals surface area contributed by atoms with Crippen LogP contribution in [0.1, 0.15) is 16.8 Å². The van der Waals surface area contributed by atoms with Crippen molar-refractivity contribution in [3.63, 3.8) is 0 Å². The minimum Gasteiger partial charge on any atom is -0.344 e. The Balaban J connectivity index is 1.54. The summed E-state index contributed by atoms with van der Waals surface area (Å²) in [6.07, 6.45) is 0. The molecule has 1 aliphatic rings. The number of amides is 2. The normalized spacial score (nSPS) is 12.5. The number of rotatable bonds is 4. The lowest BCUT2D eigenvalue weighted by Crippen LogP contribution is -2.35. The SMILES string of the molecule is O=C(NCc1ccccc1)C(=O)Nc1c2c(nn1-c1cccc(Cl)c1)CSC2. The fourth-order valence-corrected chi connectivity index (χ4v) is 4.18. The van der Waals surface area contributed by atoms with Gasteiger partial charge in [0, 0.05) is 28.6 Å². The maximum absolute atomic E-state index is 12.5. The lowest BCUT2D eigenvalue weighted by atomic mass is 10.2. The summed E-state index contributed by atoms with van der Waals surface area (Å²) in [4.78, 5) is 24.8. The Morgan fingerprint density at radius 1 is 1.07 bits per heavy atom. The zero-order valence-electron chi connectivity index (χ0n) is 14.8. The molecule has 0 saturated carbocycles. The molecule has 6 nitrogen and oxygen atoms in total. The van der Waals surface area contributed by atoms with E-state index in [9.17, 15) is 9.59 Å². The summed E-state index contributed by atoms with van der Waals surface area (Å²) in [5, 5.41) is 10.5. The summed E-state index contributed by atoms with van der Waals surface area (Å²) >= 11 is 7.82. The minimum atomic E-state index is -0.723. The molecule has 0 unspecified atom stereocenters. The van der Waals surface area contributed by atoms with Crippen molar-refractivity contribution >= 4 is 41.0 Å². The van der Waals surface area contributed by atoms with E-state index < -0.39 is 11.8 Å². The van der Waals surface area contributed by atoms with Gasteiger partial charge in [0.2, 0.25) is 0 Å². The Bertz CT molecular complexity index is 1040. The van der Waals surface area contributed by atoms with Crippen LogP contribution in [0.3, 0.4) is 0 Å². The first-order chi connectivity index (χ1) is 13.6. The number of anilines is 1. The van der Waals surface area contributed by atoms with Crippen molar-refractivity contribution in [2.75, 3.05) is 5.32 Å². The second-order valence-corrected chi connectivity index (χ2v) is 7.70.